The van der Waals surface area contributed by atoms with E-state index in [-0.39, 0.29) is 17.1 Å². The molecule has 0 aromatic heterocycles. The number of anilines is 2. The first-order valence-corrected chi connectivity index (χ1v) is 11.3. The zero-order valence-electron chi connectivity index (χ0n) is 18.1. The number of nitrogens with one attached hydrogen (secondary N) is 2. The van der Waals surface area contributed by atoms with E-state index in [1.165, 1.54) is 11.8 Å². The summed E-state index contributed by atoms with van der Waals surface area (Å²) in [6.45, 7) is 6.06. The van der Waals surface area contributed by atoms with Crippen molar-refractivity contribution in [2.45, 2.75) is 43.8 Å². The summed E-state index contributed by atoms with van der Waals surface area (Å²) >= 11 is 1.51. The van der Waals surface area contributed by atoms with Crippen molar-refractivity contribution in [1.82, 2.24) is 0 Å². The Balaban J connectivity index is 1.63. The van der Waals surface area contributed by atoms with Gasteiger partial charge in [0.2, 0.25) is 11.8 Å². The molecule has 4 nitrogen and oxygen atoms in total. The van der Waals surface area contributed by atoms with Gasteiger partial charge in [-0.1, -0.05) is 55.5 Å². The Morgan fingerprint density at radius 3 is 2.39 bits per heavy atom. The highest BCUT2D eigenvalue weighted by atomic mass is 32.2. The van der Waals surface area contributed by atoms with Crippen molar-refractivity contribution in [1.29, 1.82) is 0 Å². The van der Waals surface area contributed by atoms with Gasteiger partial charge >= 0.3 is 0 Å². The topological polar surface area (TPSA) is 58.2 Å². The summed E-state index contributed by atoms with van der Waals surface area (Å²) in [5.74, 6) is -0.0761. The molecule has 0 fully saturated rings. The van der Waals surface area contributed by atoms with Crippen LogP contribution in [0.1, 0.15) is 30.0 Å². The van der Waals surface area contributed by atoms with Crippen molar-refractivity contribution >= 4 is 35.0 Å². The Kier molecular flexibility index (Phi) is 7.90. The van der Waals surface area contributed by atoms with E-state index < -0.39 is 0 Å². The molecule has 0 aliphatic rings. The second kappa shape index (κ2) is 10.8. The van der Waals surface area contributed by atoms with Gasteiger partial charge in [0.15, 0.2) is 0 Å². The van der Waals surface area contributed by atoms with Crippen molar-refractivity contribution in [2.75, 3.05) is 10.6 Å². The van der Waals surface area contributed by atoms with E-state index in [1.807, 2.05) is 93.6 Å². The predicted molar refractivity (Wildman–Crippen MR) is 130 cm³/mol. The number of rotatable bonds is 8. The fourth-order valence-corrected chi connectivity index (χ4v) is 4.23. The summed E-state index contributed by atoms with van der Waals surface area (Å²) in [5, 5.41) is 5.79. The van der Waals surface area contributed by atoms with Gasteiger partial charge in [0.25, 0.3) is 0 Å². The first kappa shape index (κ1) is 22.6. The molecule has 0 saturated carbocycles. The second-order valence-electron chi connectivity index (χ2n) is 7.49. The van der Waals surface area contributed by atoms with Crippen LogP contribution in [0.3, 0.4) is 0 Å². The van der Waals surface area contributed by atoms with E-state index in [0.717, 1.165) is 33.0 Å². The average Bonchev–Trinajstić information content (AvgIpc) is 2.76. The number of carbonyl (C=O) groups excluding carboxylic acids is 2. The number of hydrogen-bond acceptors (Lipinski definition) is 3. The monoisotopic (exact) mass is 432 g/mol. The fraction of sp³-hybridized carbons (Fsp3) is 0.231. The quantitative estimate of drug-likeness (QED) is 0.430. The van der Waals surface area contributed by atoms with Crippen LogP contribution in [0.25, 0.3) is 0 Å². The zero-order valence-corrected chi connectivity index (χ0v) is 19.0. The lowest BCUT2D eigenvalue weighted by Crippen LogP contribution is -2.25. The molecule has 0 heterocycles. The van der Waals surface area contributed by atoms with Gasteiger partial charge in [-0.05, 0) is 61.2 Å². The molecule has 0 aliphatic carbocycles. The minimum absolute atomic E-state index is 0.0142. The summed E-state index contributed by atoms with van der Waals surface area (Å²) in [6, 6.07) is 23.2. The molecule has 2 amide bonds. The van der Waals surface area contributed by atoms with Gasteiger partial charge in [-0.15, -0.1) is 11.8 Å². The van der Waals surface area contributed by atoms with Crippen molar-refractivity contribution < 1.29 is 9.59 Å². The van der Waals surface area contributed by atoms with Gasteiger partial charge in [-0.2, -0.15) is 0 Å². The number of hydrogen-bond donors (Lipinski definition) is 2. The standard InChI is InChI=1S/C26H28N2O2S/c1-4-24(26(30)28-23-15-8-10-18(2)19(23)3)31-22-14-9-13-21(17-22)27-25(29)16-20-11-6-5-7-12-20/h5-15,17,24H,4,16H2,1-3H3,(H,27,29)(H,28,30). The maximum atomic E-state index is 12.9. The van der Waals surface area contributed by atoms with Crippen LogP contribution in [-0.4, -0.2) is 17.1 Å². The van der Waals surface area contributed by atoms with Crippen LogP contribution in [0.5, 0.6) is 0 Å². The van der Waals surface area contributed by atoms with Crippen molar-refractivity contribution in [2.24, 2.45) is 0 Å². The van der Waals surface area contributed by atoms with Crippen LogP contribution < -0.4 is 10.6 Å². The third-order valence-electron chi connectivity index (χ3n) is 5.13. The highest BCUT2D eigenvalue weighted by Gasteiger charge is 2.19. The van der Waals surface area contributed by atoms with Gasteiger partial charge in [0.1, 0.15) is 0 Å². The summed E-state index contributed by atoms with van der Waals surface area (Å²) < 4.78 is 0. The number of aryl methyl sites for hydroxylation is 1. The van der Waals surface area contributed by atoms with Crippen LogP contribution in [0.2, 0.25) is 0 Å². The summed E-state index contributed by atoms with van der Waals surface area (Å²) in [7, 11) is 0. The molecule has 3 aromatic carbocycles. The van der Waals surface area contributed by atoms with Crippen LogP contribution >= 0.6 is 11.8 Å². The van der Waals surface area contributed by atoms with Gasteiger partial charge in [-0.3, -0.25) is 9.59 Å². The van der Waals surface area contributed by atoms with Gasteiger partial charge in [0.05, 0.1) is 11.7 Å². The molecule has 160 valence electrons. The number of thioether (sulfide) groups is 1. The SMILES string of the molecule is CCC(Sc1cccc(NC(=O)Cc2ccccc2)c1)C(=O)Nc1cccc(C)c1C. The van der Waals surface area contributed by atoms with Crippen molar-refractivity contribution in [3.8, 4) is 0 Å². The molecule has 0 aliphatic heterocycles. The molecule has 5 heteroatoms. The minimum atomic E-state index is -0.227. The largest absolute Gasteiger partial charge is 0.326 e. The molecule has 1 unspecified atom stereocenters. The van der Waals surface area contributed by atoms with Crippen LogP contribution in [0.4, 0.5) is 11.4 Å². The zero-order chi connectivity index (χ0) is 22.2. The number of carbonyl (C=O) groups is 2. The smallest absolute Gasteiger partial charge is 0.237 e. The lowest BCUT2D eigenvalue weighted by Gasteiger charge is -2.17. The maximum Gasteiger partial charge on any atom is 0.237 e. The molecule has 0 spiro atoms. The van der Waals surface area contributed by atoms with Gasteiger partial charge in [-0.25, -0.2) is 0 Å². The Labute approximate surface area is 188 Å². The van der Waals surface area contributed by atoms with E-state index in [4.69, 9.17) is 0 Å². The molecule has 31 heavy (non-hydrogen) atoms. The molecular weight excluding hydrogens is 404 g/mol. The molecule has 0 saturated heterocycles. The van der Waals surface area contributed by atoms with Gasteiger partial charge in [0, 0.05) is 16.3 Å². The van der Waals surface area contributed by atoms with Crippen LogP contribution in [-0.2, 0) is 16.0 Å². The highest BCUT2D eigenvalue weighted by molar-refractivity contribution is 8.00. The molecule has 1 atom stereocenters. The number of amides is 2. The minimum Gasteiger partial charge on any atom is -0.326 e. The normalized spacial score (nSPS) is 11.6. The van der Waals surface area contributed by atoms with E-state index in [0.29, 0.717) is 12.8 Å². The number of benzene rings is 3. The van der Waals surface area contributed by atoms with Crippen LogP contribution in [0.15, 0.2) is 77.7 Å². The summed E-state index contributed by atoms with van der Waals surface area (Å²) in [6.07, 6.45) is 1.03. The third kappa shape index (κ3) is 6.46. The second-order valence-corrected chi connectivity index (χ2v) is 8.77. The van der Waals surface area contributed by atoms with Crippen LogP contribution in [0, 0.1) is 13.8 Å². The summed E-state index contributed by atoms with van der Waals surface area (Å²) in [5.41, 5.74) is 4.79. The molecule has 0 bridgehead atoms. The third-order valence-corrected chi connectivity index (χ3v) is 6.49. The van der Waals surface area contributed by atoms with Crippen molar-refractivity contribution in [3.63, 3.8) is 0 Å². The fourth-order valence-electron chi connectivity index (χ4n) is 3.22. The maximum absolute atomic E-state index is 12.9. The lowest BCUT2D eigenvalue weighted by molar-refractivity contribution is -0.116. The van der Waals surface area contributed by atoms with Crippen molar-refractivity contribution in [3.05, 3.63) is 89.5 Å². The molecular formula is C26H28N2O2S. The predicted octanol–water partition coefficient (Wildman–Crippen LogP) is 5.99. The molecule has 0 radical (unpaired) electrons. The molecule has 2 N–H and O–H groups in total. The molecule has 3 aromatic rings. The van der Waals surface area contributed by atoms with Gasteiger partial charge < -0.3 is 10.6 Å². The molecule has 3 rings (SSSR count). The van der Waals surface area contributed by atoms with E-state index >= 15 is 0 Å². The van der Waals surface area contributed by atoms with E-state index in [2.05, 4.69) is 10.6 Å². The Morgan fingerprint density at radius 2 is 1.65 bits per heavy atom. The highest BCUT2D eigenvalue weighted by Crippen LogP contribution is 2.29. The lowest BCUT2D eigenvalue weighted by atomic mass is 10.1. The first-order chi connectivity index (χ1) is 15.0. The Morgan fingerprint density at radius 1 is 0.903 bits per heavy atom. The Bertz CT molecular complexity index is 1050. The average molecular weight is 433 g/mol. The van der Waals surface area contributed by atoms with E-state index in [9.17, 15) is 9.59 Å². The first-order valence-electron chi connectivity index (χ1n) is 10.4. The van der Waals surface area contributed by atoms with E-state index in [1.54, 1.807) is 0 Å². The Hall–Kier alpha value is -3.05. The summed E-state index contributed by atoms with van der Waals surface area (Å²) in [4.78, 5) is 26.2.